The number of nitrogens with zero attached hydrogens (tertiary/aromatic N) is 1. The predicted molar refractivity (Wildman–Crippen MR) is 43.5 cm³/mol. The molecule has 2 heterocycles. The maximum Gasteiger partial charge on any atom is 0.562 e. The Balaban J connectivity index is 2.43. The normalized spacial score (nSPS) is 14.7. The van der Waals surface area contributed by atoms with Crippen LogP contribution in [-0.4, -0.2) is 18.4 Å². The van der Waals surface area contributed by atoms with Gasteiger partial charge >= 0.3 is 7.19 Å². The van der Waals surface area contributed by atoms with Crippen LogP contribution < -0.4 is 5.23 Å². The van der Waals surface area contributed by atoms with Crippen molar-refractivity contribution in [2.75, 3.05) is 5.23 Å². The molecule has 3 nitrogen and oxygen atoms in total. The van der Waals surface area contributed by atoms with Gasteiger partial charge in [0.1, 0.15) is 0 Å². The topological polar surface area (TPSA) is 44.6 Å². The molecule has 0 amide bonds. The number of fused-ring (bicyclic) bond motifs is 1. The number of nitrogens with one attached hydrogen (secondary N) is 1. The maximum absolute atomic E-state index is 8.97. The summed E-state index contributed by atoms with van der Waals surface area (Å²) in [5, 5.41) is 14.7. The van der Waals surface area contributed by atoms with Crippen molar-refractivity contribution in [1.29, 1.82) is 0 Å². The lowest BCUT2D eigenvalue weighted by molar-refractivity contribution is 0.581. The molecule has 50 valence electrons. The van der Waals surface area contributed by atoms with Gasteiger partial charge in [0, 0.05) is 11.8 Å². The van der Waals surface area contributed by atoms with E-state index in [1.54, 1.807) is 17.6 Å². The molecule has 0 atom stereocenters. The first-order chi connectivity index (χ1) is 4.86. The van der Waals surface area contributed by atoms with Crippen molar-refractivity contribution in [3.8, 4) is 0 Å². The first-order valence-electron chi connectivity index (χ1n) is 2.91. The van der Waals surface area contributed by atoms with Crippen LogP contribution in [0.4, 0.5) is 5.00 Å². The van der Waals surface area contributed by atoms with Crippen molar-refractivity contribution in [2.24, 2.45) is 4.90 Å². The molecule has 0 radical (unpaired) electrons. The van der Waals surface area contributed by atoms with Gasteiger partial charge in [-0.2, -0.15) is 0 Å². The number of thiophene rings is 1. The van der Waals surface area contributed by atoms with Crippen LogP contribution in [0, 0.1) is 0 Å². The molecule has 0 spiro atoms. The molecule has 0 saturated carbocycles. The first-order valence-corrected chi connectivity index (χ1v) is 3.79. The van der Waals surface area contributed by atoms with E-state index >= 15 is 0 Å². The van der Waals surface area contributed by atoms with Crippen molar-refractivity contribution in [3.63, 3.8) is 0 Å². The molecule has 2 rings (SSSR count). The number of rotatable bonds is 0. The van der Waals surface area contributed by atoms with Crippen LogP contribution in [0.2, 0.25) is 0 Å². The molecule has 1 aromatic rings. The lowest BCUT2D eigenvalue weighted by Gasteiger charge is -2.08. The van der Waals surface area contributed by atoms with Crippen LogP contribution in [0.25, 0.3) is 0 Å². The van der Waals surface area contributed by atoms with E-state index in [4.69, 9.17) is 5.02 Å². The summed E-state index contributed by atoms with van der Waals surface area (Å²) in [5.41, 5.74) is 1.05. The van der Waals surface area contributed by atoms with Crippen LogP contribution in [0.3, 0.4) is 0 Å². The quantitative estimate of drug-likeness (QED) is 0.533. The molecule has 0 fully saturated rings. The van der Waals surface area contributed by atoms with Gasteiger partial charge in [0.15, 0.2) is 0 Å². The summed E-state index contributed by atoms with van der Waals surface area (Å²) in [7, 11) is -0.758. The minimum absolute atomic E-state index is 0.758. The molecule has 0 aliphatic carbocycles. The standard InChI is InChI=1S/C5H5BN2OS/c9-6-7-3-4-1-2-10-5(4)8-6/h1-3,8-9H. The van der Waals surface area contributed by atoms with E-state index in [-0.39, 0.29) is 0 Å². The molecular formula is C5H5BN2OS. The summed E-state index contributed by atoms with van der Waals surface area (Å²) in [5.74, 6) is 0. The lowest BCUT2D eigenvalue weighted by Crippen LogP contribution is -2.25. The zero-order valence-corrected chi connectivity index (χ0v) is 5.93. The van der Waals surface area contributed by atoms with E-state index < -0.39 is 7.19 Å². The maximum atomic E-state index is 8.97. The minimum atomic E-state index is -0.758. The zero-order valence-electron chi connectivity index (χ0n) is 5.11. The van der Waals surface area contributed by atoms with E-state index in [1.165, 1.54) is 0 Å². The number of hydrogen-bond acceptors (Lipinski definition) is 4. The average molecular weight is 152 g/mol. The van der Waals surface area contributed by atoms with E-state index in [9.17, 15) is 0 Å². The Morgan fingerprint density at radius 2 is 2.60 bits per heavy atom. The molecule has 1 aliphatic heterocycles. The fraction of sp³-hybridized carbons (Fsp3) is 0. The van der Waals surface area contributed by atoms with Crippen LogP contribution in [0.15, 0.2) is 16.3 Å². The van der Waals surface area contributed by atoms with Gasteiger partial charge in [-0.05, 0) is 11.4 Å². The third-order valence-electron chi connectivity index (χ3n) is 1.31. The van der Waals surface area contributed by atoms with Crippen molar-refractivity contribution >= 4 is 29.7 Å². The van der Waals surface area contributed by atoms with Gasteiger partial charge in [0.25, 0.3) is 0 Å². The van der Waals surface area contributed by atoms with E-state index in [2.05, 4.69) is 10.1 Å². The molecule has 0 unspecified atom stereocenters. The highest BCUT2D eigenvalue weighted by Crippen LogP contribution is 2.23. The second-order valence-electron chi connectivity index (χ2n) is 2.00. The summed E-state index contributed by atoms with van der Waals surface area (Å²) in [4.78, 5) is 3.77. The summed E-state index contributed by atoms with van der Waals surface area (Å²) < 4.78 is 0. The fourth-order valence-corrected chi connectivity index (χ4v) is 1.62. The summed E-state index contributed by atoms with van der Waals surface area (Å²) in [6.45, 7) is 0. The Labute approximate surface area is 62.6 Å². The Bertz CT molecular complexity index is 272. The van der Waals surface area contributed by atoms with Crippen molar-refractivity contribution in [1.82, 2.24) is 0 Å². The molecule has 5 heteroatoms. The second kappa shape index (κ2) is 2.11. The van der Waals surface area contributed by atoms with Crippen LogP contribution >= 0.6 is 11.3 Å². The molecule has 2 N–H and O–H groups in total. The molecule has 0 saturated heterocycles. The molecule has 1 aromatic heterocycles. The fourth-order valence-electron chi connectivity index (χ4n) is 0.844. The largest absolute Gasteiger partial charge is 0.562 e. The van der Waals surface area contributed by atoms with Crippen LogP contribution in [0.5, 0.6) is 0 Å². The third kappa shape index (κ3) is 0.834. The summed E-state index contributed by atoms with van der Waals surface area (Å²) in [6.07, 6.45) is 1.67. The SMILES string of the molecule is OB1N=Cc2ccsc2N1. The Morgan fingerprint density at radius 3 is 3.50 bits per heavy atom. The predicted octanol–water partition coefficient (Wildman–Crippen LogP) is 0.570. The van der Waals surface area contributed by atoms with Gasteiger partial charge in [0.2, 0.25) is 0 Å². The van der Waals surface area contributed by atoms with Crippen molar-refractivity contribution in [2.45, 2.75) is 0 Å². The number of anilines is 1. The molecule has 1 aliphatic rings. The van der Waals surface area contributed by atoms with Crippen molar-refractivity contribution in [3.05, 3.63) is 17.0 Å². The molecular weight excluding hydrogens is 147 g/mol. The minimum Gasteiger partial charge on any atom is -0.412 e. The Morgan fingerprint density at radius 1 is 1.70 bits per heavy atom. The van der Waals surface area contributed by atoms with Gasteiger partial charge in [-0.25, -0.2) is 0 Å². The lowest BCUT2D eigenvalue weighted by atomic mass is 10.0. The highest BCUT2D eigenvalue weighted by Gasteiger charge is 2.16. The van der Waals surface area contributed by atoms with Gasteiger partial charge in [0.05, 0.1) is 5.00 Å². The van der Waals surface area contributed by atoms with E-state index in [0.717, 1.165) is 10.6 Å². The van der Waals surface area contributed by atoms with Crippen LogP contribution in [0.1, 0.15) is 5.56 Å². The Kier molecular flexibility index (Phi) is 1.25. The van der Waals surface area contributed by atoms with E-state index in [0.29, 0.717) is 0 Å². The smallest absolute Gasteiger partial charge is 0.412 e. The highest BCUT2D eigenvalue weighted by atomic mass is 32.1. The van der Waals surface area contributed by atoms with Crippen LogP contribution in [-0.2, 0) is 0 Å². The molecule has 0 bridgehead atoms. The first kappa shape index (κ1) is 5.94. The highest BCUT2D eigenvalue weighted by molar-refractivity contribution is 7.15. The zero-order chi connectivity index (χ0) is 6.97. The van der Waals surface area contributed by atoms with Gasteiger partial charge in [-0.3, -0.25) is 4.90 Å². The summed E-state index contributed by atoms with van der Waals surface area (Å²) >= 11 is 1.57. The average Bonchev–Trinajstić information content (AvgIpc) is 2.33. The monoisotopic (exact) mass is 152 g/mol. The van der Waals surface area contributed by atoms with Crippen molar-refractivity contribution < 1.29 is 5.02 Å². The van der Waals surface area contributed by atoms with E-state index in [1.807, 2.05) is 11.4 Å². The van der Waals surface area contributed by atoms with Gasteiger partial charge in [-0.15, -0.1) is 11.3 Å². The molecule has 10 heavy (non-hydrogen) atoms. The Hall–Kier alpha value is -0.805. The summed E-state index contributed by atoms with van der Waals surface area (Å²) in [6, 6.07) is 1.96. The molecule has 0 aromatic carbocycles. The van der Waals surface area contributed by atoms with Gasteiger partial charge in [-0.1, -0.05) is 0 Å². The third-order valence-corrected chi connectivity index (χ3v) is 2.17. The van der Waals surface area contributed by atoms with Gasteiger partial charge < -0.3 is 10.3 Å². The second-order valence-corrected chi connectivity index (χ2v) is 2.92. The number of hydrogen-bond donors (Lipinski definition) is 2.